The van der Waals surface area contributed by atoms with Crippen molar-refractivity contribution in [2.45, 2.75) is 38.9 Å². The maximum absolute atomic E-state index is 12.2. The predicted octanol–water partition coefficient (Wildman–Crippen LogP) is 3.91. The van der Waals surface area contributed by atoms with Gasteiger partial charge in [-0.25, -0.2) is 0 Å². The van der Waals surface area contributed by atoms with Crippen molar-refractivity contribution in [3.63, 3.8) is 0 Å². The van der Waals surface area contributed by atoms with Gasteiger partial charge in [-0.15, -0.1) is 0 Å². The normalized spacial score (nSPS) is 13.8. The average molecular weight is 245 g/mol. The molecule has 0 aliphatic heterocycles. The Hall–Kier alpha value is -1.03. The molecule has 0 aliphatic carbocycles. The lowest BCUT2D eigenvalue weighted by Crippen LogP contribution is -2.20. The molecule has 0 saturated heterocycles. The zero-order valence-corrected chi connectivity index (χ0v) is 10.4. The summed E-state index contributed by atoms with van der Waals surface area (Å²) >= 11 is 0. The fourth-order valence-corrected chi connectivity index (χ4v) is 1.90. The van der Waals surface area contributed by atoms with Gasteiger partial charge in [0.25, 0.3) is 0 Å². The number of nitrogens with one attached hydrogen (secondary N) is 1. The van der Waals surface area contributed by atoms with Gasteiger partial charge in [0.05, 0.1) is 0 Å². The van der Waals surface area contributed by atoms with E-state index in [0.717, 1.165) is 16.7 Å². The van der Waals surface area contributed by atoms with E-state index >= 15 is 0 Å². The van der Waals surface area contributed by atoms with Crippen LogP contribution in [0.25, 0.3) is 0 Å². The molecule has 1 aromatic rings. The van der Waals surface area contributed by atoms with Crippen molar-refractivity contribution < 1.29 is 13.2 Å². The number of halogens is 3. The molecule has 0 radical (unpaired) electrons. The van der Waals surface area contributed by atoms with Gasteiger partial charge in [-0.3, -0.25) is 0 Å². The van der Waals surface area contributed by atoms with E-state index in [1.807, 2.05) is 32.0 Å². The molecule has 1 N–H and O–H groups in total. The molecular weight excluding hydrogens is 227 g/mol. The topological polar surface area (TPSA) is 12.0 Å². The van der Waals surface area contributed by atoms with Crippen molar-refractivity contribution in [2.24, 2.45) is 0 Å². The Kier molecular flexibility index (Phi) is 4.57. The molecule has 4 heteroatoms. The van der Waals surface area contributed by atoms with Crippen LogP contribution in [-0.2, 0) is 0 Å². The smallest absolute Gasteiger partial charge is 0.313 e. The quantitative estimate of drug-likeness (QED) is 0.848. The van der Waals surface area contributed by atoms with Crippen LogP contribution >= 0.6 is 0 Å². The first-order valence-electron chi connectivity index (χ1n) is 5.64. The molecule has 1 unspecified atom stereocenters. The summed E-state index contributed by atoms with van der Waals surface area (Å²) in [7, 11) is 1.70. The molecule has 0 fully saturated rings. The van der Waals surface area contributed by atoms with Gasteiger partial charge in [0.15, 0.2) is 0 Å². The van der Waals surface area contributed by atoms with Crippen molar-refractivity contribution in [1.29, 1.82) is 0 Å². The highest BCUT2D eigenvalue weighted by Crippen LogP contribution is 2.29. The number of benzene rings is 1. The number of rotatable bonds is 4. The van der Waals surface area contributed by atoms with Crippen LogP contribution in [0.4, 0.5) is 13.2 Å². The van der Waals surface area contributed by atoms with Crippen LogP contribution in [0.5, 0.6) is 0 Å². The highest BCUT2D eigenvalue weighted by molar-refractivity contribution is 5.32. The first-order valence-corrected chi connectivity index (χ1v) is 5.64. The Balaban J connectivity index is 2.82. The lowest BCUT2D eigenvalue weighted by Gasteiger charge is -2.20. The Morgan fingerprint density at radius 3 is 2.41 bits per heavy atom. The van der Waals surface area contributed by atoms with Crippen LogP contribution in [-0.4, -0.2) is 13.2 Å². The summed E-state index contributed by atoms with van der Waals surface area (Å²) in [6, 6.07) is 5.63. The van der Waals surface area contributed by atoms with Gasteiger partial charge >= 0.3 is 6.18 Å². The van der Waals surface area contributed by atoms with E-state index in [0.29, 0.717) is 0 Å². The van der Waals surface area contributed by atoms with Crippen LogP contribution < -0.4 is 5.32 Å². The molecule has 96 valence electrons. The molecule has 0 aliphatic rings. The van der Waals surface area contributed by atoms with Crippen molar-refractivity contribution in [3.8, 4) is 0 Å². The monoisotopic (exact) mass is 245 g/mol. The first-order chi connectivity index (χ1) is 7.83. The van der Waals surface area contributed by atoms with Gasteiger partial charge in [-0.2, -0.15) is 13.2 Å². The molecule has 0 amide bonds. The first kappa shape index (κ1) is 14.0. The molecular formula is C13H18F3N. The van der Waals surface area contributed by atoms with Crippen molar-refractivity contribution in [1.82, 2.24) is 5.32 Å². The summed E-state index contributed by atoms with van der Waals surface area (Å²) in [4.78, 5) is 0. The average Bonchev–Trinajstić information content (AvgIpc) is 2.22. The summed E-state index contributed by atoms with van der Waals surface area (Å²) in [6.07, 6.45) is -4.77. The van der Waals surface area contributed by atoms with Crippen LogP contribution in [0.15, 0.2) is 18.2 Å². The Morgan fingerprint density at radius 1 is 1.24 bits per heavy atom. The number of hydrogen-bond acceptors (Lipinski definition) is 1. The third-order valence-electron chi connectivity index (χ3n) is 2.88. The SMILES string of the molecule is CNC(CCC(F)(F)F)c1cc(C)ccc1C. The number of alkyl halides is 3. The van der Waals surface area contributed by atoms with Gasteiger partial charge in [0, 0.05) is 12.5 Å². The minimum absolute atomic E-state index is 0.0737. The fourth-order valence-electron chi connectivity index (χ4n) is 1.90. The minimum Gasteiger partial charge on any atom is -0.313 e. The van der Waals surface area contributed by atoms with Crippen molar-refractivity contribution in [2.75, 3.05) is 7.05 Å². The Bertz CT molecular complexity index is 371. The van der Waals surface area contributed by atoms with Crippen molar-refractivity contribution >= 4 is 0 Å². The molecule has 17 heavy (non-hydrogen) atoms. The van der Waals surface area contributed by atoms with E-state index in [2.05, 4.69) is 5.32 Å². The van der Waals surface area contributed by atoms with E-state index in [1.54, 1.807) is 7.05 Å². The molecule has 0 spiro atoms. The second-order valence-corrected chi connectivity index (χ2v) is 4.36. The van der Waals surface area contributed by atoms with Gasteiger partial charge in [-0.05, 0) is 38.4 Å². The third kappa shape index (κ3) is 4.38. The van der Waals surface area contributed by atoms with Gasteiger partial charge in [0.1, 0.15) is 0 Å². The number of hydrogen-bond donors (Lipinski definition) is 1. The second kappa shape index (κ2) is 5.54. The molecule has 1 aromatic carbocycles. The predicted molar refractivity (Wildman–Crippen MR) is 63.0 cm³/mol. The van der Waals surface area contributed by atoms with Gasteiger partial charge in [0.2, 0.25) is 0 Å². The summed E-state index contributed by atoms with van der Waals surface area (Å²) < 4.78 is 36.7. The third-order valence-corrected chi connectivity index (χ3v) is 2.88. The lowest BCUT2D eigenvalue weighted by atomic mass is 9.96. The largest absolute Gasteiger partial charge is 0.389 e. The Morgan fingerprint density at radius 2 is 1.88 bits per heavy atom. The zero-order chi connectivity index (χ0) is 13.1. The maximum atomic E-state index is 12.2. The summed E-state index contributed by atoms with van der Waals surface area (Å²) in [5.74, 6) is 0. The fraction of sp³-hybridized carbons (Fsp3) is 0.538. The highest BCUT2D eigenvalue weighted by Gasteiger charge is 2.28. The minimum atomic E-state index is -4.09. The van der Waals surface area contributed by atoms with Gasteiger partial charge in [-0.1, -0.05) is 23.8 Å². The van der Waals surface area contributed by atoms with Crippen LogP contribution in [0.3, 0.4) is 0 Å². The standard InChI is InChI=1S/C13H18F3N/c1-9-4-5-10(2)11(8-9)12(17-3)6-7-13(14,15)16/h4-5,8,12,17H,6-7H2,1-3H3. The lowest BCUT2D eigenvalue weighted by molar-refractivity contribution is -0.136. The Labute approximate surface area is 100 Å². The molecule has 1 atom stereocenters. The zero-order valence-electron chi connectivity index (χ0n) is 10.4. The summed E-state index contributed by atoms with van der Waals surface area (Å²) in [5.41, 5.74) is 3.05. The van der Waals surface area contributed by atoms with Crippen LogP contribution in [0.1, 0.15) is 35.6 Å². The highest BCUT2D eigenvalue weighted by atomic mass is 19.4. The van der Waals surface area contributed by atoms with E-state index in [9.17, 15) is 13.2 Å². The van der Waals surface area contributed by atoms with Gasteiger partial charge < -0.3 is 5.32 Å². The summed E-state index contributed by atoms with van der Waals surface area (Å²) in [5, 5.41) is 2.96. The van der Waals surface area contributed by atoms with E-state index in [1.165, 1.54) is 0 Å². The molecule has 0 saturated carbocycles. The van der Waals surface area contributed by atoms with E-state index in [4.69, 9.17) is 0 Å². The van der Waals surface area contributed by atoms with Crippen molar-refractivity contribution in [3.05, 3.63) is 34.9 Å². The summed E-state index contributed by atoms with van der Waals surface area (Å²) in [6.45, 7) is 3.87. The van der Waals surface area contributed by atoms with Crippen LogP contribution in [0.2, 0.25) is 0 Å². The molecule has 1 rings (SSSR count). The second-order valence-electron chi connectivity index (χ2n) is 4.36. The molecule has 0 bridgehead atoms. The van der Waals surface area contributed by atoms with Crippen LogP contribution in [0, 0.1) is 13.8 Å². The van der Waals surface area contributed by atoms with E-state index < -0.39 is 12.6 Å². The molecule has 0 aromatic heterocycles. The number of aryl methyl sites for hydroxylation is 2. The molecule has 1 nitrogen and oxygen atoms in total. The molecule has 0 heterocycles. The maximum Gasteiger partial charge on any atom is 0.389 e. The van der Waals surface area contributed by atoms with E-state index in [-0.39, 0.29) is 12.5 Å².